The van der Waals surface area contributed by atoms with Gasteiger partial charge in [0.05, 0.1) is 5.56 Å². The lowest BCUT2D eigenvalue weighted by Crippen LogP contribution is -2.46. The summed E-state index contributed by atoms with van der Waals surface area (Å²) in [5.74, 6) is -1.01. The Morgan fingerprint density at radius 2 is 1.94 bits per heavy atom. The summed E-state index contributed by atoms with van der Waals surface area (Å²) in [6, 6.07) is 5.41. The molecule has 1 aromatic carbocycles. The monoisotopic (exact) mass is 245 g/mol. The summed E-state index contributed by atoms with van der Waals surface area (Å²) in [6.07, 6.45) is -4.78. The molecule has 0 unspecified atom stereocenters. The minimum atomic E-state index is -4.78. The molecule has 0 amide bonds. The first-order chi connectivity index (χ1) is 7.97. The molecule has 1 aromatic rings. The summed E-state index contributed by atoms with van der Waals surface area (Å²) in [4.78, 5) is 11.8. The number of carbonyl (C=O) groups is 1. The van der Waals surface area contributed by atoms with Crippen LogP contribution < -0.4 is 10.1 Å². The van der Waals surface area contributed by atoms with Crippen molar-refractivity contribution in [3.8, 4) is 5.75 Å². The van der Waals surface area contributed by atoms with Gasteiger partial charge in [-0.1, -0.05) is 12.1 Å². The molecule has 0 radical (unpaired) electrons. The van der Waals surface area contributed by atoms with Crippen LogP contribution in [-0.4, -0.2) is 25.2 Å². The normalized spacial score (nSPS) is 16.4. The number of ketones is 1. The Bertz CT molecular complexity index is 427. The highest BCUT2D eigenvalue weighted by atomic mass is 19.4. The minimum Gasteiger partial charge on any atom is -0.405 e. The van der Waals surface area contributed by atoms with Crippen LogP contribution in [0, 0.1) is 5.92 Å². The van der Waals surface area contributed by atoms with Gasteiger partial charge in [-0.15, -0.1) is 13.2 Å². The largest absolute Gasteiger partial charge is 0.573 e. The molecule has 1 aliphatic rings. The number of carbonyl (C=O) groups excluding carboxylic acids is 1. The van der Waals surface area contributed by atoms with Gasteiger partial charge in [0.2, 0.25) is 0 Å². The molecule has 1 fully saturated rings. The van der Waals surface area contributed by atoms with Gasteiger partial charge in [0.1, 0.15) is 5.75 Å². The number of ether oxygens (including phenoxy) is 1. The van der Waals surface area contributed by atoms with Crippen LogP contribution in [0.3, 0.4) is 0 Å². The Morgan fingerprint density at radius 1 is 1.29 bits per heavy atom. The van der Waals surface area contributed by atoms with Gasteiger partial charge < -0.3 is 10.1 Å². The Morgan fingerprint density at radius 3 is 2.47 bits per heavy atom. The van der Waals surface area contributed by atoms with Crippen molar-refractivity contribution >= 4 is 5.78 Å². The fourth-order valence-electron chi connectivity index (χ4n) is 1.58. The van der Waals surface area contributed by atoms with E-state index in [4.69, 9.17) is 0 Å². The Hall–Kier alpha value is -1.56. The van der Waals surface area contributed by atoms with E-state index in [0.29, 0.717) is 13.1 Å². The minimum absolute atomic E-state index is 0.0173. The van der Waals surface area contributed by atoms with Crippen molar-refractivity contribution in [1.29, 1.82) is 0 Å². The highest BCUT2D eigenvalue weighted by Crippen LogP contribution is 2.28. The van der Waals surface area contributed by atoms with Crippen molar-refractivity contribution in [3.05, 3.63) is 29.8 Å². The van der Waals surface area contributed by atoms with Gasteiger partial charge in [-0.25, -0.2) is 0 Å². The predicted octanol–water partition coefficient (Wildman–Crippen LogP) is 1.99. The number of hydrogen-bond acceptors (Lipinski definition) is 3. The van der Waals surface area contributed by atoms with Crippen molar-refractivity contribution in [1.82, 2.24) is 5.32 Å². The van der Waals surface area contributed by atoms with E-state index in [1.807, 2.05) is 0 Å². The summed E-state index contributed by atoms with van der Waals surface area (Å²) in [5, 5.41) is 2.90. The highest BCUT2D eigenvalue weighted by molar-refractivity contribution is 6.01. The molecule has 0 atom stereocenters. The van der Waals surface area contributed by atoms with Gasteiger partial charge in [-0.2, -0.15) is 0 Å². The van der Waals surface area contributed by atoms with Crippen LogP contribution in [0.2, 0.25) is 0 Å². The fourth-order valence-corrected chi connectivity index (χ4v) is 1.58. The van der Waals surface area contributed by atoms with Gasteiger partial charge >= 0.3 is 6.36 Å². The molecular weight excluding hydrogens is 235 g/mol. The quantitative estimate of drug-likeness (QED) is 0.827. The molecule has 0 spiro atoms. The average Bonchev–Trinajstić information content (AvgIpc) is 2.13. The van der Waals surface area contributed by atoms with Crippen LogP contribution in [0.5, 0.6) is 5.75 Å². The third-order valence-corrected chi connectivity index (χ3v) is 2.53. The zero-order valence-corrected chi connectivity index (χ0v) is 8.75. The number of nitrogens with one attached hydrogen (secondary N) is 1. The maximum Gasteiger partial charge on any atom is 0.573 e. The molecule has 6 heteroatoms. The molecule has 92 valence electrons. The first kappa shape index (κ1) is 11.9. The fraction of sp³-hybridized carbons (Fsp3) is 0.364. The predicted molar refractivity (Wildman–Crippen MR) is 53.8 cm³/mol. The summed E-state index contributed by atoms with van der Waals surface area (Å²) < 4.78 is 40.2. The van der Waals surface area contributed by atoms with E-state index in [1.54, 1.807) is 0 Å². The topological polar surface area (TPSA) is 38.3 Å². The number of para-hydroxylation sites is 1. The molecule has 0 aliphatic carbocycles. The molecule has 0 bridgehead atoms. The second-order valence-corrected chi connectivity index (χ2v) is 3.76. The third kappa shape index (κ3) is 2.76. The first-order valence-corrected chi connectivity index (χ1v) is 5.07. The first-order valence-electron chi connectivity index (χ1n) is 5.07. The van der Waals surface area contributed by atoms with Gasteiger partial charge in [0.15, 0.2) is 5.78 Å². The SMILES string of the molecule is O=C(c1ccccc1OC(F)(F)F)C1CNC1. The van der Waals surface area contributed by atoms with Crippen LogP contribution in [-0.2, 0) is 0 Å². The Labute approximate surface area is 95.6 Å². The van der Waals surface area contributed by atoms with E-state index >= 15 is 0 Å². The van der Waals surface area contributed by atoms with Gasteiger partial charge in [-0.3, -0.25) is 4.79 Å². The summed E-state index contributed by atoms with van der Waals surface area (Å²) in [6.45, 7) is 0.998. The molecule has 2 rings (SSSR count). The molecule has 3 nitrogen and oxygen atoms in total. The van der Waals surface area contributed by atoms with Crippen LogP contribution in [0.4, 0.5) is 13.2 Å². The Balaban J connectivity index is 2.23. The van der Waals surface area contributed by atoms with Gasteiger partial charge in [0.25, 0.3) is 0 Å². The second-order valence-electron chi connectivity index (χ2n) is 3.76. The molecule has 1 saturated heterocycles. The highest BCUT2D eigenvalue weighted by Gasteiger charge is 2.34. The molecule has 0 aromatic heterocycles. The summed E-state index contributed by atoms with van der Waals surface area (Å²) in [7, 11) is 0. The number of Topliss-reactive ketones (excluding diaryl/α,β-unsaturated/α-hetero) is 1. The third-order valence-electron chi connectivity index (χ3n) is 2.53. The van der Waals surface area contributed by atoms with Crippen molar-refractivity contribution in [2.45, 2.75) is 6.36 Å². The lowest BCUT2D eigenvalue weighted by Gasteiger charge is -2.26. The van der Waals surface area contributed by atoms with Crippen LogP contribution in [0.25, 0.3) is 0 Å². The van der Waals surface area contributed by atoms with Crippen LogP contribution >= 0.6 is 0 Å². The Kier molecular flexibility index (Phi) is 3.06. The van der Waals surface area contributed by atoms with E-state index in [9.17, 15) is 18.0 Å². The molecule has 0 saturated carbocycles. The van der Waals surface area contributed by atoms with Gasteiger partial charge in [0, 0.05) is 19.0 Å². The zero-order chi connectivity index (χ0) is 12.5. The number of rotatable bonds is 3. The van der Waals surface area contributed by atoms with E-state index in [1.165, 1.54) is 18.2 Å². The summed E-state index contributed by atoms with van der Waals surface area (Å²) in [5.41, 5.74) is -0.0173. The lowest BCUT2D eigenvalue weighted by molar-refractivity contribution is -0.274. The van der Waals surface area contributed by atoms with E-state index in [0.717, 1.165) is 6.07 Å². The maximum absolute atomic E-state index is 12.1. The average molecular weight is 245 g/mol. The molecule has 1 aliphatic heterocycles. The second kappa shape index (κ2) is 4.37. The molecular formula is C11H10F3NO2. The van der Waals surface area contributed by atoms with Crippen LogP contribution in [0.1, 0.15) is 10.4 Å². The standard InChI is InChI=1S/C11H10F3NO2/c12-11(13,14)17-9-4-2-1-3-8(9)10(16)7-5-15-6-7/h1-4,7,15H,5-6H2. The van der Waals surface area contributed by atoms with E-state index < -0.39 is 12.1 Å². The smallest absolute Gasteiger partial charge is 0.405 e. The van der Waals surface area contributed by atoms with Crippen molar-refractivity contribution in [2.75, 3.05) is 13.1 Å². The van der Waals surface area contributed by atoms with Crippen molar-refractivity contribution in [3.63, 3.8) is 0 Å². The number of halogens is 3. The number of hydrogen-bond donors (Lipinski definition) is 1. The zero-order valence-electron chi connectivity index (χ0n) is 8.75. The summed E-state index contributed by atoms with van der Waals surface area (Å²) >= 11 is 0. The molecule has 1 heterocycles. The molecule has 1 N–H and O–H groups in total. The van der Waals surface area contributed by atoms with Crippen LogP contribution in [0.15, 0.2) is 24.3 Å². The molecule has 17 heavy (non-hydrogen) atoms. The van der Waals surface area contributed by atoms with Gasteiger partial charge in [-0.05, 0) is 12.1 Å². The van der Waals surface area contributed by atoms with Crippen molar-refractivity contribution in [2.24, 2.45) is 5.92 Å². The lowest BCUT2D eigenvalue weighted by atomic mass is 9.92. The maximum atomic E-state index is 12.1. The number of benzene rings is 1. The van der Waals surface area contributed by atoms with Crippen molar-refractivity contribution < 1.29 is 22.7 Å². The number of alkyl halides is 3. The van der Waals surface area contributed by atoms with E-state index in [-0.39, 0.29) is 17.3 Å². The van der Waals surface area contributed by atoms with E-state index in [2.05, 4.69) is 10.1 Å².